The van der Waals surface area contributed by atoms with Gasteiger partial charge in [0.15, 0.2) is 0 Å². The molecule has 1 fully saturated rings. The molecule has 1 aliphatic rings. The predicted octanol–water partition coefficient (Wildman–Crippen LogP) is 2.99. The van der Waals surface area contributed by atoms with Gasteiger partial charge < -0.3 is 10.0 Å². The van der Waals surface area contributed by atoms with Crippen LogP contribution in [0.4, 0.5) is 5.13 Å². The van der Waals surface area contributed by atoms with E-state index in [2.05, 4.69) is 28.1 Å². The summed E-state index contributed by atoms with van der Waals surface area (Å²) >= 11 is 1.46. The lowest BCUT2D eigenvalue weighted by Crippen LogP contribution is -2.38. The van der Waals surface area contributed by atoms with Crippen molar-refractivity contribution in [3.63, 3.8) is 0 Å². The van der Waals surface area contributed by atoms with Gasteiger partial charge in [-0.2, -0.15) is 4.37 Å². The highest BCUT2D eigenvalue weighted by molar-refractivity contribution is 7.09. The first-order valence-electron chi connectivity index (χ1n) is 7.27. The van der Waals surface area contributed by atoms with Crippen LogP contribution in [-0.2, 0) is 4.79 Å². The molecule has 1 aliphatic heterocycles. The monoisotopic (exact) mass is 297 g/mol. The van der Waals surface area contributed by atoms with Gasteiger partial charge in [-0.3, -0.25) is 4.79 Å². The Balaban J connectivity index is 2.00. The molecule has 1 N–H and O–H groups in total. The Morgan fingerprint density at radius 3 is 2.85 bits per heavy atom. The molecule has 1 saturated heterocycles. The van der Waals surface area contributed by atoms with E-state index in [0.29, 0.717) is 11.8 Å². The molecular weight excluding hydrogens is 274 g/mol. The van der Waals surface area contributed by atoms with E-state index in [-0.39, 0.29) is 12.3 Å². The van der Waals surface area contributed by atoms with Crippen molar-refractivity contribution in [2.75, 3.05) is 18.0 Å². The highest BCUT2D eigenvalue weighted by Crippen LogP contribution is 2.30. The van der Waals surface area contributed by atoms with Gasteiger partial charge in [0.2, 0.25) is 5.13 Å². The SMILES string of the molecule is CC(C)c1nsc(N2CCCC(C(C)CC(=O)O)C2)n1. The van der Waals surface area contributed by atoms with Crippen LogP contribution in [0.25, 0.3) is 0 Å². The molecule has 0 bridgehead atoms. The van der Waals surface area contributed by atoms with E-state index in [0.717, 1.165) is 36.9 Å². The largest absolute Gasteiger partial charge is 0.481 e. The van der Waals surface area contributed by atoms with E-state index in [1.165, 1.54) is 11.5 Å². The van der Waals surface area contributed by atoms with Crippen molar-refractivity contribution in [1.82, 2.24) is 9.36 Å². The average Bonchev–Trinajstić information content (AvgIpc) is 2.88. The average molecular weight is 297 g/mol. The lowest BCUT2D eigenvalue weighted by atomic mass is 9.85. The second-order valence-corrected chi connectivity index (χ2v) is 6.74. The Kier molecular flexibility index (Phi) is 4.96. The third-order valence-electron chi connectivity index (χ3n) is 3.98. The van der Waals surface area contributed by atoms with Crippen LogP contribution in [-0.4, -0.2) is 33.5 Å². The molecule has 2 heterocycles. The lowest BCUT2D eigenvalue weighted by molar-refractivity contribution is -0.138. The smallest absolute Gasteiger partial charge is 0.303 e. The van der Waals surface area contributed by atoms with E-state index in [1.54, 1.807) is 0 Å². The van der Waals surface area contributed by atoms with Crippen LogP contribution in [0.2, 0.25) is 0 Å². The molecule has 0 aliphatic carbocycles. The fourth-order valence-corrected chi connectivity index (χ4v) is 3.52. The number of carbonyl (C=O) groups is 1. The number of rotatable bonds is 5. The summed E-state index contributed by atoms with van der Waals surface area (Å²) in [5.41, 5.74) is 0. The first-order valence-corrected chi connectivity index (χ1v) is 8.05. The maximum absolute atomic E-state index is 10.8. The van der Waals surface area contributed by atoms with Crippen LogP contribution in [0, 0.1) is 11.8 Å². The van der Waals surface area contributed by atoms with E-state index in [4.69, 9.17) is 5.11 Å². The molecule has 5 nitrogen and oxygen atoms in total. The lowest BCUT2D eigenvalue weighted by Gasteiger charge is -2.35. The molecule has 0 radical (unpaired) electrons. The van der Waals surface area contributed by atoms with Gasteiger partial charge in [-0.05, 0) is 24.7 Å². The summed E-state index contributed by atoms with van der Waals surface area (Å²) in [5.74, 6) is 1.21. The summed E-state index contributed by atoms with van der Waals surface area (Å²) in [4.78, 5) is 17.7. The van der Waals surface area contributed by atoms with E-state index < -0.39 is 5.97 Å². The first-order chi connectivity index (χ1) is 9.47. The number of anilines is 1. The fourth-order valence-electron chi connectivity index (χ4n) is 2.68. The Morgan fingerprint density at radius 2 is 2.25 bits per heavy atom. The molecule has 0 saturated carbocycles. The summed E-state index contributed by atoms with van der Waals surface area (Å²) in [6, 6.07) is 0. The maximum Gasteiger partial charge on any atom is 0.303 e. The maximum atomic E-state index is 10.8. The molecular formula is C14H23N3O2S. The minimum Gasteiger partial charge on any atom is -0.481 e. The molecule has 2 unspecified atom stereocenters. The van der Waals surface area contributed by atoms with Gasteiger partial charge in [-0.1, -0.05) is 20.8 Å². The van der Waals surface area contributed by atoms with Gasteiger partial charge >= 0.3 is 5.97 Å². The van der Waals surface area contributed by atoms with Crippen LogP contribution in [0.5, 0.6) is 0 Å². The topological polar surface area (TPSA) is 66.3 Å². The molecule has 0 amide bonds. The number of carboxylic acids is 1. The molecule has 0 spiro atoms. The molecule has 1 aromatic rings. The van der Waals surface area contributed by atoms with Gasteiger partial charge in [-0.25, -0.2) is 4.98 Å². The number of carboxylic acid groups (broad SMARTS) is 1. The summed E-state index contributed by atoms with van der Waals surface area (Å²) < 4.78 is 4.40. The zero-order valence-electron chi connectivity index (χ0n) is 12.4. The van der Waals surface area contributed by atoms with E-state index in [9.17, 15) is 4.79 Å². The van der Waals surface area contributed by atoms with Crippen LogP contribution < -0.4 is 4.90 Å². The van der Waals surface area contributed by atoms with Gasteiger partial charge in [0.1, 0.15) is 5.82 Å². The van der Waals surface area contributed by atoms with Gasteiger partial charge in [-0.15, -0.1) is 0 Å². The third-order valence-corrected chi connectivity index (χ3v) is 4.77. The molecule has 1 aromatic heterocycles. The van der Waals surface area contributed by atoms with Crippen LogP contribution in [0.1, 0.15) is 51.8 Å². The summed E-state index contributed by atoms with van der Waals surface area (Å²) in [6.07, 6.45) is 2.47. The minimum absolute atomic E-state index is 0.216. The van der Waals surface area contributed by atoms with Crippen LogP contribution >= 0.6 is 11.5 Å². The summed E-state index contributed by atoms with van der Waals surface area (Å²) in [7, 11) is 0. The highest BCUT2D eigenvalue weighted by Gasteiger charge is 2.27. The number of aliphatic carboxylic acids is 1. The normalized spacial score (nSPS) is 21.2. The van der Waals surface area contributed by atoms with E-state index >= 15 is 0 Å². The Morgan fingerprint density at radius 1 is 1.50 bits per heavy atom. The van der Waals surface area contributed by atoms with E-state index in [1.807, 2.05) is 6.92 Å². The van der Waals surface area contributed by atoms with Crippen molar-refractivity contribution >= 4 is 22.6 Å². The van der Waals surface area contributed by atoms with Crippen molar-refractivity contribution in [1.29, 1.82) is 0 Å². The number of hydrogen-bond acceptors (Lipinski definition) is 5. The number of nitrogens with zero attached hydrogens (tertiary/aromatic N) is 3. The van der Waals surface area contributed by atoms with Gasteiger partial charge in [0, 0.05) is 37.0 Å². The van der Waals surface area contributed by atoms with Gasteiger partial charge in [0.25, 0.3) is 0 Å². The Bertz CT molecular complexity index is 461. The number of aromatic nitrogens is 2. The van der Waals surface area contributed by atoms with Crippen molar-refractivity contribution in [2.45, 2.75) is 46.0 Å². The highest BCUT2D eigenvalue weighted by atomic mass is 32.1. The Labute approximate surface area is 124 Å². The van der Waals surface area contributed by atoms with Crippen LogP contribution in [0.15, 0.2) is 0 Å². The molecule has 2 rings (SSSR count). The number of piperidine rings is 1. The van der Waals surface area contributed by atoms with Gasteiger partial charge in [0.05, 0.1) is 0 Å². The van der Waals surface area contributed by atoms with Crippen molar-refractivity contribution < 1.29 is 9.90 Å². The predicted molar refractivity (Wildman–Crippen MR) is 80.4 cm³/mol. The van der Waals surface area contributed by atoms with Crippen molar-refractivity contribution in [3.05, 3.63) is 5.82 Å². The fraction of sp³-hybridized carbons (Fsp3) is 0.786. The quantitative estimate of drug-likeness (QED) is 0.905. The van der Waals surface area contributed by atoms with Crippen LogP contribution in [0.3, 0.4) is 0 Å². The summed E-state index contributed by atoms with van der Waals surface area (Å²) in [5, 5.41) is 9.91. The Hall–Kier alpha value is -1.17. The molecule has 20 heavy (non-hydrogen) atoms. The first kappa shape index (κ1) is 15.2. The molecule has 0 aromatic carbocycles. The molecule has 6 heteroatoms. The summed E-state index contributed by atoms with van der Waals surface area (Å²) in [6.45, 7) is 8.14. The van der Waals surface area contributed by atoms with Crippen molar-refractivity contribution in [2.24, 2.45) is 11.8 Å². The van der Waals surface area contributed by atoms with Crippen molar-refractivity contribution in [3.8, 4) is 0 Å². The second kappa shape index (κ2) is 6.52. The molecule has 2 atom stereocenters. The minimum atomic E-state index is -0.701. The zero-order valence-corrected chi connectivity index (χ0v) is 13.2. The number of hydrogen-bond donors (Lipinski definition) is 1. The molecule has 112 valence electrons. The standard InChI is InChI=1S/C14H23N3O2S/c1-9(2)13-15-14(20-16-13)17-6-4-5-11(8-17)10(3)7-12(18)19/h9-11H,4-8H2,1-3H3,(H,18,19). The third kappa shape index (κ3) is 3.69. The zero-order chi connectivity index (χ0) is 14.7. The second-order valence-electron chi connectivity index (χ2n) is 6.01.